The van der Waals surface area contributed by atoms with Crippen LogP contribution in [0.25, 0.3) is 16.7 Å². The number of benzene rings is 2. The van der Waals surface area contributed by atoms with E-state index in [2.05, 4.69) is 22.0 Å². The molecule has 2 aromatic carbocycles. The zero-order valence-corrected chi connectivity index (χ0v) is 16.3. The molecule has 3 aromatic rings. The molecule has 2 aliphatic heterocycles. The Bertz CT molecular complexity index is 996. The first-order chi connectivity index (χ1) is 13.7. The summed E-state index contributed by atoms with van der Waals surface area (Å²) in [4.78, 5) is 19.9. The van der Waals surface area contributed by atoms with Crippen LogP contribution in [0.3, 0.4) is 0 Å². The lowest BCUT2D eigenvalue weighted by molar-refractivity contribution is 0.0758. The van der Waals surface area contributed by atoms with Gasteiger partial charge in [-0.05, 0) is 75.0 Å². The minimum atomic E-state index is 0.141. The van der Waals surface area contributed by atoms with E-state index >= 15 is 0 Å². The molecule has 1 amide bonds. The minimum Gasteiger partial charge on any atom is -0.339 e. The molecule has 5 nitrogen and oxygen atoms in total. The van der Waals surface area contributed by atoms with Crippen molar-refractivity contribution in [3.05, 3.63) is 59.9 Å². The molecule has 28 heavy (non-hydrogen) atoms. The second kappa shape index (κ2) is 7.06. The van der Waals surface area contributed by atoms with Crippen LogP contribution in [0.15, 0.2) is 48.5 Å². The highest BCUT2D eigenvalue weighted by Gasteiger charge is 2.31. The van der Waals surface area contributed by atoms with Gasteiger partial charge in [-0.1, -0.05) is 18.2 Å². The molecule has 1 aromatic heterocycles. The van der Waals surface area contributed by atoms with E-state index in [1.54, 1.807) is 0 Å². The molecule has 2 aliphatic rings. The summed E-state index contributed by atoms with van der Waals surface area (Å²) in [6.07, 6.45) is 2.21. The maximum atomic E-state index is 13.2. The Morgan fingerprint density at radius 1 is 1.04 bits per heavy atom. The third kappa shape index (κ3) is 3.00. The van der Waals surface area contributed by atoms with E-state index in [0.29, 0.717) is 0 Å². The van der Waals surface area contributed by atoms with Crippen LogP contribution < -0.4 is 5.32 Å². The zero-order chi connectivity index (χ0) is 19.1. The van der Waals surface area contributed by atoms with Crippen LogP contribution >= 0.6 is 0 Å². The molecule has 0 unspecified atom stereocenters. The van der Waals surface area contributed by atoms with Crippen molar-refractivity contribution in [2.45, 2.75) is 19.8 Å². The second-order valence-electron chi connectivity index (χ2n) is 8.08. The summed E-state index contributed by atoms with van der Waals surface area (Å²) in [5.74, 6) is 2.52. The smallest absolute Gasteiger partial charge is 0.253 e. The average Bonchev–Trinajstić information content (AvgIpc) is 3.24. The largest absolute Gasteiger partial charge is 0.339 e. The Morgan fingerprint density at radius 3 is 2.46 bits per heavy atom. The van der Waals surface area contributed by atoms with E-state index in [4.69, 9.17) is 4.98 Å². The molecule has 5 rings (SSSR count). The summed E-state index contributed by atoms with van der Waals surface area (Å²) >= 11 is 0. The van der Waals surface area contributed by atoms with Gasteiger partial charge in [0, 0.05) is 24.3 Å². The molecule has 0 bridgehead atoms. The summed E-state index contributed by atoms with van der Waals surface area (Å²) in [6, 6.07) is 16.2. The van der Waals surface area contributed by atoms with E-state index < -0.39 is 0 Å². The van der Waals surface area contributed by atoms with Gasteiger partial charge in [0.05, 0.1) is 11.0 Å². The fourth-order valence-electron chi connectivity index (χ4n) is 4.84. The minimum absolute atomic E-state index is 0.141. The molecule has 2 saturated heterocycles. The number of nitrogens with one attached hydrogen (secondary N) is 1. The van der Waals surface area contributed by atoms with Gasteiger partial charge in [-0.3, -0.25) is 9.36 Å². The summed E-state index contributed by atoms with van der Waals surface area (Å²) in [5, 5.41) is 3.49. The quantitative estimate of drug-likeness (QED) is 0.748. The second-order valence-corrected chi connectivity index (χ2v) is 8.08. The number of carbonyl (C=O) groups is 1. The molecule has 144 valence electrons. The first-order valence-corrected chi connectivity index (χ1v) is 10.3. The van der Waals surface area contributed by atoms with E-state index in [1.807, 2.05) is 48.2 Å². The number of para-hydroxylation sites is 1. The predicted octanol–water partition coefficient (Wildman–Crippen LogP) is 3.41. The molecular formula is C23H26N4O. The van der Waals surface area contributed by atoms with Crippen molar-refractivity contribution in [3.8, 4) is 5.69 Å². The van der Waals surface area contributed by atoms with Gasteiger partial charge < -0.3 is 10.2 Å². The zero-order valence-electron chi connectivity index (χ0n) is 16.3. The number of imidazole rings is 1. The van der Waals surface area contributed by atoms with Crippen molar-refractivity contribution in [1.29, 1.82) is 0 Å². The van der Waals surface area contributed by atoms with Crippen molar-refractivity contribution in [1.82, 2.24) is 19.8 Å². The van der Waals surface area contributed by atoms with Crippen LogP contribution in [0.2, 0.25) is 0 Å². The van der Waals surface area contributed by atoms with Gasteiger partial charge in [-0.15, -0.1) is 0 Å². The maximum Gasteiger partial charge on any atom is 0.253 e. The molecule has 2 fully saturated rings. The normalized spacial score (nSPS) is 22.2. The van der Waals surface area contributed by atoms with Gasteiger partial charge in [-0.2, -0.15) is 0 Å². The molecule has 0 aliphatic carbocycles. The lowest BCUT2D eigenvalue weighted by Crippen LogP contribution is -2.32. The highest BCUT2D eigenvalue weighted by Crippen LogP contribution is 2.28. The van der Waals surface area contributed by atoms with E-state index in [-0.39, 0.29) is 5.91 Å². The van der Waals surface area contributed by atoms with Gasteiger partial charge in [0.2, 0.25) is 0 Å². The van der Waals surface area contributed by atoms with Crippen molar-refractivity contribution in [3.63, 3.8) is 0 Å². The molecular weight excluding hydrogens is 348 g/mol. The fourth-order valence-corrected chi connectivity index (χ4v) is 4.84. The molecule has 0 saturated carbocycles. The van der Waals surface area contributed by atoms with Crippen LogP contribution in [0.4, 0.5) is 0 Å². The van der Waals surface area contributed by atoms with E-state index in [9.17, 15) is 4.79 Å². The topological polar surface area (TPSA) is 50.2 Å². The van der Waals surface area contributed by atoms with Crippen LogP contribution in [0.5, 0.6) is 0 Å². The number of aryl methyl sites for hydroxylation is 1. The predicted molar refractivity (Wildman–Crippen MR) is 111 cm³/mol. The number of fused-ring (bicyclic) bond motifs is 2. The number of nitrogens with zero attached hydrogens (tertiary/aromatic N) is 3. The number of likely N-dealkylation sites (tertiary alicyclic amines) is 1. The lowest BCUT2D eigenvalue weighted by Gasteiger charge is -2.21. The van der Waals surface area contributed by atoms with Gasteiger partial charge >= 0.3 is 0 Å². The standard InChI is InChI=1S/C23H26N4O/c1-16-25-21-13-17(7-8-22(21)27(16)20-5-3-2-4-6-20)23(28)26-11-9-18-14-24-15-19(18)10-12-26/h2-8,13,18-19,24H,9-12,14-15H2,1H3/t18-,19+. The Balaban J connectivity index is 1.43. The summed E-state index contributed by atoms with van der Waals surface area (Å²) in [5.41, 5.74) is 3.75. The van der Waals surface area contributed by atoms with Crippen molar-refractivity contribution in [2.24, 2.45) is 11.8 Å². The van der Waals surface area contributed by atoms with Gasteiger partial charge in [0.1, 0.15) is 5.82 Å². The third-order valence-corrected chi connectivity index (χ3v) is 6.39. The monoisotopic (exact) mass is 374 g/mol. The molecule has 0 radical (unpaired) electrons. The number of rotatable bonds is 2. The number of amides is 1. The molecule has 5 heteroatoms. The number of hydrogen-bond acceptors (Lipinski definition) is 3. The van der Waals surface area contributed by atoms with Crippen LogP contribution in [0, 0.1) is 18.8 Å². The Kier molecular flexibility index (Phi) is 4.40. The Labute approximate surface area is 165 Å². The Hall–Kier alpha value is -2.66. The SMILES string of the molecule is Cc1nc2cc(C(=O)N3CC[C@@H]4CNC[C@@H]4CC3)ccc2n1-c1ccccc1. The van der Waals surface area contributed by atoms with Crippen molar-refractivity contribution >= 4 is 16.9 Å². The first kappa shape index (κ1) is 17.4. The van der Waals surface area contributed by atoms with Crippen molar-refractivity contribution < 1.29 is 4.79 Å². The van der Waals surface area contributed by atoms with Gasteiger partial charge in [-0.25, -0.2) is 4.98 Å². The highest BCUT2D eigenvalue weighted by molar-refractivity contribution is 5.97. The summed E-state index contributed by atoms with van der Waals surface area (Å²) < 4.78 is 2.14. The van der Waals surface area contributed by atoms with Crippen LogP contribution in [-0.2, 0) is 0 Å². The summed E-state index contributed by atoms with van der Waals surface area (Å²) in [7, 11) is 0. The average molecular weight is 374 g/mol. The molecule has 1 N–H and O–H groups in total. The Morgan fingerprint density at radius 2 is 1.75 bits per heavy atom. The number of carbonyl (C=O) groups excluding carboxylic acids is 1. The molecule has 0 spiro atoms. The van der Waals surface area contributed by atoms with Crippen molar-refractivity contribution in [2.75, 3.05) is 26.2 Å². The maximum absolute atomic E-state index is 13.2. The first-order valence-electron chi connectivity index (χ1n) is 10.3. The van der Waals surface area contributed by atoms with Gasteiger partial charge in [0.15, 0.2) is 0 Å². The fraction of sp³-hybridized carbons (Fsp3) is 0.391. The molecule has 3 heterocycles. The van der Waals surface area contributed by atoms with E-state index in [0.717, 1.165) is 79.0 Å². The third-order valence-electron chi connectivity index (χ3n) is 6.39. The number of hydrogen-bond donors (Lipinski definition) is 1. The molecule has 2 atom stereocenters. The number of aromatic nitrogens is 2. The lowest BCUT2D eigenvalue weighted by atomic mass is 9.92. The van der Waals surface area contributed by atoms with Gasteiger partial charge in [0.25, 0.3) is 5.91 Å². The summed E-state index contributed by atoms with van der Waals surface area (Å²) in [6.45, 7) is 5.94. The highest BCUT2D eigenvalue weighted by atomic mass is 16.2. The van der Waals surface area contributed by atoms with Crippen LogP contribution in [-0.4, -0.2) is 46.5 Å². The van der Waals surface area contributed by atoms with Crippen LogP contribution in [0.1, 0.15) is 29.0 Å². The van der Waals surface area contributed by atoms with E-state index in [1.165, 1.54) is 0 Å².